The molecule has 0 aliphatic rings. The van der Waals surface area contributed by atoms with Crippen LogP contribution in [0, 0.1) is 0 Å². The minimum atomic E-state index is 0.0132. The number of hydrogen-bond acceptors (Lipinski definition) is 4. The summed E-state index contributed by atoms with van der Waals surface area (Å²) < 4.78 is 1.02. The van der Waals surface area contributed by atoms with Crippen molar-refractivity contribution in [2.24, 2.45) is 0 Å². The Labute approximate surface area is 67.4 Å². The predicted octanol–water partition coefficient (Wildman–Crippen LogP) is 1.18. The van der Waals surface area contributed by atoms with Gasteiger partial charge in [0.2, 0.25) is 0 Å². The summed E-state index contributed by atoms with van der Waals surface area (Å²) in [5.74, 6) is 0. The van der Waals surface area contributed by atoms with Gasteiger partial charge in [-0.1, -0.05) is 0 Å². The summed E-state index contributed by atoms with van der Waals surface area (Å²) >= 11 is 1.47. The first-order valence-electron chi connectivity index (χ1n) is 3.20. The van der Waals surface area contributed by atoms with E-state index in [2.05, 4.69) is 9.97 Å². The van der Waals surface area contributed by atoms with E-state index >= 15 is 0 Å². The standard InChI is InChI=1S/C7H6N2OS/c10-4-7-9-5-1-2-8-3-6(5)11-7/h1-3,10H,4H2. The van der Waals surface area contributed by atoms with Crippen LogP contribution in [-0.2, 0) is 6.61 Å². The smallest absolute Gasteiger partial charge is 0.119 e. The predicted molar refractivity (Wildman–Crippen MR) is 43.3 cm³/mol. The van der Waals surface area contributed by atoms with Crippen LogP contribution in [0.1, 0.15) is 5.01 Å². The third-order valence-electron chi connectivity index (χ3n) is 1.37. The van der Waals surface area contributed by atoms with Gasteiger partial charge in [-0.25, -0.2) is 4.98 Å². The Morgan fingerprint density at radius 3 is 3.18 bits per heavy atom. The maximum atomic E-state index is 8.77. The SMILES string of the molecule is OCc1nc2ccncc2s1. The highest BCUT2D eigenvalue weighted by Crippen LogP contribution is 2.19. The molecule has 0 spiro atoms. The lowest BCUT2D eigenvalue weighted by Crippen LogP contribution is -1.77. The van der Waals surface area contributed by atoms with Gasteiger partial charge in [0.1, 0.15) is 5.01 Å². The van der Waals surface area contributed by atoms with E-state index in [-0.39, 0.29) is 6.61 Å². The van der Waals surface area contributed by atoms with E-state index in [1.807, 2.05) is 6.07 Å². The van der Waals surface area contributed by atoms with Crippen molar-refractivity contribution >= 4 is 21.6 Å². The Bertz CT molecular complexity index is 338. The number of fused-ring (bicyclic) bond motifs is 1. The number of thiazole rings is 1. The Balaban J connectivity index is 2.69. The van der Waals surface area contributed by atoms with Crippen molar-refractivity contribution in [1.82, 2.24) is 9.97 Å². The van der Waals surface area contributed by atoms with E-state index in [0.29, 0.717) is 0 Å². The molecule has 0 saturated heterocycles. The van der Waals surface area contributed by atoms with Gasteiger partial charge in [-0.2, -0.15) is 0 Å². The number of aliphatic hydroxyl groups is 1. The van der Waals surface area contributed by atoms with Crippen molar-refractivity contribution < 1.29 is 5.11 Å². The zero-order chi connectivity index (χ0) is 7.68. The average Bonchev–Trinajstić information content (AvgIpc) is 2.46. The highest BCUT2D eigenvalue weighted by atomic mass is 32.1. The van der Waals surface area contributed by atoms with Gasteiger partial charge in [0.15, 0.2) is 0 Å². The summed E-state index contributed by atoms with van der Waals surface area (Å²) in [6.07, 6.45) is 3.45. The summed E-state index contributed by atoms with van der Waals surface area (Å²) in [5.41, 5.74) is 0.911. The molecule has 0 saturated carbocycles. The molecule has 0 aromatic carbocycles. The van der Waals surface area contributed by atoms with Crippen LogP contribution in [0.5, 0.6) is 0 Å². The fraction of sp³-hybridized carbons (Fsp3) is 0.143. The second-order valence-electron chi connectivity index (χ2n) is 2.11. The lowest BCUT2D eigenvalue weighted by atomic mass is 10.4. The molecule has 3 nitrogen and oxygen atoms in total. The first kappa shape index (κ1) is 6.69. The highest BCUT2D eigenvalue weighted by Gasteiger charge is 2.00. The molecule has 0 radical (unpaired) electrons. The maximum Gasteiger partial charge on any atom is 0.119 e. The molecule has 0 atom stereocenters. The molecule has 4 heteroatoms. The Kier molecular flexibility index (Phi) is 1.56. The largest absolute Gasteiger partial charge is 0.389 e. The van der Waals surface area contributed by atoms with Gasteiger partial charge in [0, 0.05) is 12.4 Å². The molecule has 0 unspecified atom stereocenters. The van der Waals surface area contributed by atoms with Gasteiger partial charge in [-0.05, 0) is 6.07 Å². The van der Waals surface area contributed by atoms with Crippen LogP contribution >= 0.6 is 11.3 Å². The van der Waals surface area contributed by atoms with E-state index < -0.39 is 0 Å². The number of nitrogens with zero attached hydrogens (tertiary/aromatic N) is 2. The van der Waals surface area contributed by atoms with E-state index in [0.717, 1.165) is 15.2 Å². The van der Waals surface area contributed by atoms with E-state index in [1.54, 1.807) is 12.4 Å². The minimum absolute atomic E-state index is 0.0132. The summed E-state index contributed by atoms with van der Waals surface area (Å²) in [5, 5.41) is 9.51. The van der Waals surface area contributed by atoms with Crippen LogP contribution in [-0.4, -0.2) is 15.1 Å². The molecule has 0 fully saturated rings. The topological polar surface area (TPSA) is 46.0 Å². The fourth-order valence-electron chi connectivity index (χ4n) is 0.895. The molecule has 2 aromatic rings. The van der Waals surface area contributed by atoms with Crippen LogP contribution < -0.4 is 0 Å². The van der Waals surface area contributed by atoms with Crippen molar-refractivity contribution in [3.63, 3.8) is 0 Å². The van der Waals surface area contributed by atoms with Crippen molar-refractivity contribution in [3.8, 4) is 0 Å². The molecular weight excluding hydrogens is 160 g/mol. The Morgan fingerprint density at radius 2 is 2.45 bits per heavy atom. The normalized spacial score (nSPS) is 10.6. The van der Waals surface area contributed by atoms with Crippen LogP contribution in [0.3, 0.4) is 0 Å². The lowest BCUT2D eigenvalue weighted by Gasteiger charge is -1.80. The minimum Gasteiger partial charge on any atom is -0.389 e. The van der Waals surface area contributed by atoms with E-state index in [9.17, 15) is 0 Å². The van der Waals surface area contributed by atoms with Crippen LogP contribution in [0.25, 0.3) is 10.2 Å². The van der Waals surface area contributed by atoms with Crippen LogP contribution in [0.4, 0.5) is 0 Å². The second-order valence-corrected chi connectivity index (χ2v) is 3.22. The quantitative estimate of drug-likeness (QED) is 0.692. The summed E-state index contributed by atoms with van der Waals surface area (Å²) in [6.45, 7) is 0.0132. The molecule has 2 rings (SSSR count). The average molecular weight is 166 g/mol. The lowest BCUT2D eigenvalue weighted by molar-refractivity contribution is 0.281. The zero-order valence-corrected chi connectivity index (χ0v) is 6.51. The number of aromatic nitrogens is 2. The summed E-state index contributed by atoms with van der Waals surface area (Å²) in [4.78, 5) is 8.11. The molecule has 2 heterocycles. The third kappa shape index (κ3) is 1.10. The molecule has 1 N–H and O–H groups in total. The Hall–Kier alpha value is -1.000. The second kappa shape index (κ2) is 2.56. The molecular formula is C7H6N2OS. The number of pyridine rings is 1. The fourth-order valence-corrected chi connectivity index (χ4v) is 1.69. The number of aliphatic hydroxyl groups excluding tert-OH is 1. The first-order chi connectivity index (χ1) is 5.40. The summed E-state index contributed by atoms with van der Waals surface area (Å²) in [6, 6.07) is 1.84. The van der Waals surface area contributed by atoms with Crippen LogP contribution in [0.15, 0.2) is 18.5 Å². The van der Waals surface area contributed by atoms with E-state index in [4.69, 9.17) is 5.11 Å². The molecule has 11 heavy (non-hydrogen) atoms. The van der Waals surface area contributed by atoms with Gasteiger partial charge in [-0.3, -0.25) is 4.98 Å². The van der Waals surface area contributed by atoms with Crippen LogP contribution in [0.2, 0.25) is 0 Å². The third-order valence-corrected chi connectivity index (χ3v) is 2.36. The van der Waals surface area contributed by atoms with Crippen molar-refractivity contribution in [2.45, 2.75) is 6.61 Å². The molecule has 2 aromatic heterocycles. The monoisotopic (exact) mass is 166 g/mol. The molecule has 0 amide bonds. The zero-order valence-electron chi connectivity index (χ0n) is 5.69. The first-order valence-corrected chi connectivity index (χ1v) is 4.02. The molecule has 0 aliphatic carbocycles. The number of hydrogen-bond donors (Lipinski definition) is 1. The van der Waals surface area contributed by atoms with Crippen molar-refractivity contribution in [2.75, 3.05) is 0 Å². The molecule has 0 aliphatic heterocycles. The number of rotatable bonds is 1. The van der Waals surface area contributed by atoms with Gasteiger partial charge in [-0.15, -0.1) is 11.3 Å². The van der Waals surface area contributed by atoms with Crippen molar-refractivity contribution in [3.05, 3.63) is 23.5 Å². The van der Waals surface area contributed by atoms with E-state index in [1.165, 1.54) is 11.3 Å². The highest BCUT2D eigenvalue weighted by molar-refractivity contribution is 7.18. The van der Waals surface area contributed by atoms with Gasteiger partial charge in [0.25, 0.3) is 0 Å². The van der Waals surface area contributed by atoms with Gasteiger partial charge in [0.05, 0.1) is 16.8 Å². The molecule has 0 bridgehead atoms. The Morgan fingerprint density at radius 1 is 1.55 bits per heavy atom. The van der Waals surface area contributed by atoms with Gasteiger partial charge < -0.3 is 5.11 Å². The molecule has 56 valence electrons. The van der Waals surface area contributed by atoms with Crippen molar-refractivity contribution in [1.29, 1.82) is 0 Å². The van der Waals surface area contributed by atoms with Gasteiger partial charge >= 0.3 is 0 Å². The summed E-state index contributed by atoms with van der Waals surface area (Å²) in [7, 11) is 0. The maximum absolute atomic E-state index is 8.77.